The zero-order valence-electron chi connectivity index (χ0n) is 12.8. The van der Waals surface area contributed by atoms with Crippen molar-refractivity contribution in [3.05, 3.63) is 28.8 Å². The van der Waals surface area contributed by atoms with Crippen LogP contribution in [-0.4, -0.2) is 31.6 Å². The first-order valence-corrected chi connectivity index (χ1v) is 8.09. The number of anilines is 1. The van der Waals surface area contributed by atoms with Crippen LogP contribution in [0.25, 0.3) is 0 Å². The van der Waals surface area contributed by atoms with Crippen LogP contribution in [0.2, 0.25) is 5.02 Å². The molecule has 116 valence electrons. The number of hydrogen-bond donors (Lipinski definition) is 2. The molecule has 2 rings (SSSR count). The van der Waals surface area contributed by atoms with Gasteiger partial charge in [-0.05, 0) is 31.5 Å². The van der Waals surface area contributed by atoms with Gasteiger partial charge in [-0.2, -0.15) is 0 Å². The summed E-state index contributed by atoms with van der Waals surface area (Å²) in [6, 6.07) is 5.83. The second-order valence-electron chi connectivity index (χ2n) is 5.32. The van der Waals surface area contributed by atoms with Crippen molar-refractivity contribution in [1.82, 2.24) is 10.6 Å². The molecule has 2 N–H and O–H groups in total. The van der Waals surface area contributed by atoms with Gasteiger partial charge in [0.2, 0.25) is 5.91 Å². The maximum atomic E-state index is 12.1. The number of rotatable bonds is 6. The summed E-state index contributed by atoms with van der Waals surface area (Å²) in [5.74, 6) is 0.108. The number of amides is 1. The minimum absolute atomic E-state index is 0.108. The summed E-state index contributed by atoms with van der Waals surface area (Å²) in [6.07, 6.45) is 1.88. The lowest BCUT2D eigenvalue weighted by Gasteiger charge is -2.37. The van der Waals surface area contributed by atoms with Crippen LogP contribution in [-0.2, 0) is 11.3 Å². The highest BCUT2D eigenvalue weighted by Gasteiger charge is 2.29. The molecule has 1 heterocycles. The fourth-order valence-corrected chi connectivity index (χ4v) is 3.03. The Morgan fingerprint density at radius 1 is 1.43 bits per heavy atom. The van der Waals surface area contributed by atoms with Crippen molar-refractivity contribution in [1.29, 1.82) is 0 Å². The molecule has 1 amide bonds. The van der Waals surface area contributed by atoms with Gasteiger partial charge in [-0.15, -0.1) is 0 Å². The van der Waals surface area contributed by atoms with E-state index in [0.29, 0.717) is 6.54 Å². The van der Waals surface area contributed by atoms with Crippen LogP contribution in [0.3, 0.4) is 0 Å². The molecule has 1 aromatic rings. The summed E-state index contributed by atoms with van der Waals surface area (Å²) in [6.45, 7) is 7.39. The van der Waals surface area contributed by atoms with Gasteiger partial charge in [0.15, 0.2) is 0 Å². The number of halogens is 1. The Morgan fingerprint density at radius 2 is 2.24 bits per heavy atom. The summed E-state index contributed by atoms with van der Waals surface area (Å²) in [5, 5.41) is 7.11. The van der Waals surface area contributed by atoms with E-state index < -0.39 is 0 Å². The number of nitrogens with one attached hydrogen (secondary N) is 2. The zero-order chi connectivity index (χ0) is 15.2. The minimum atomic E-state index is -0.109. The van der Waals surface area contributed by atoms with E-state index in [-0.39, 0.29) is 11.9 Å². The van der Waals surface area contributed by atoms with E-state index in [9.17, 15) is 4.79 Å². The Kier molecular flexibility index (Phi) is 5.88. The van der Waals surface area contributed by atoms with Crippen LogP contribution in [0.15, 0.2) is 18.2 Å². The molecule has 1 fully saturated rings. The largest absolute Gasteiger partial charge is 0.357 e. The maximum Gasteiger partial charge on any atom is 0.242 e. The first kappa shape index (κ1) is 16.1. The Morgan fingerprint density at radius 3 is 2.95 bits per heavy atom. The number of hydrogen-bond acceptors (Lipinski definition) is 3. The van der Waals surface area contributed by atoms with Gasteiger partial charge < -0.3 is 15.5 Å². The normalized spacial score (nSPS) is 18.7. The second-order valence-corrected chi connectivity index (χ2v) is 5.73. The summed E-state index contributed by atoms with van der Waals surface area (Å²) in [7, 11) is 0. The molecule has 1 atom stereocenters. The lowest BCUT2D eigenvalue weighted by Crippen LogP contribution is -2.55. The van der Waals surface area contributed by atoms with Crippen molar-refractivity contribution in [3.63, 3.8) is 0 Å². The van der Waals surface area contributed by atoms with Gasteiger partial charge >= 0.3 is 0 Å². The van der Waals surface area contributed by atoms with E-state index in [2.05, 4.69) is 28.5 Å². The summed E-state index contributed by atoms with van der Waals surface area (Å²) in [5.41, 5.74) is 2.16. The fraction of sp³-hybridized carbons (Fsp3) is 0.562. The first-order chi connectivity index (χ1) is 10.2. The average molecular weight is 310 g/mol. The van der Waals surface area contributed by atoms with Gasteiger partial charge in [-0.1, -0.05) is 31.5 Å². The maximum absolute atomic E-state index is 12.1. The Labute approximate surface area is 131 Å². The van der Waals surface area contributed by atoms with Gasteiger partial charge in [-0.3, -0.25) is 4.79 Å². The van der Waals surface area contributed by atoms with Gasteiger partial charge in [0.25, 0.3) is 0 Å². The molecule has 21 heavy (non-hydrogen) atoms. The number of nitrogens with zero attached hydrogens (tertiary/aromatic N) is 1. The average Bonchev–Trinajstić information content (AvgIpc) is 2.48. The monoisotopic (exact) mass is 309 g/mol. The second kappa shape index (κ2) is 7.66. The van der Waals surface area contributed by atoms with Crippen molar-refractivity contribution in [2.75, 3.05) is 24.5 Å². The van der Waals surface area contributed by atoms with Crippen molar-refractivity contribution in [3.8, 4) is 0 Å². The molecule has 0 radical (unpaired) electrons. The van der Waals surface area contributed by atoms with E-state index >= 15 is 0 Å². The van der Waals surface area contributed by atoms with Crippen molar-refractivity contribution >= 4 is 23.2 Å². The SMILES string of the molecule is CCCNCc1c(Cl)cccc1N1CCNC(=O)C1CC. The van der Waals surface area contributed by atoms with E-state index in [4.69, 9.17) is 11.6 Å². The number of piperazine rings is 1. The summed E-state index contributed by atoms with van der Waals surface area (Å²) in [4.78, 5) is 14.3. The predicted octanol–water partition coefficient (Wildman–Crippen LogP) is 2.55. The summed E-state index contributed by atoms with van der Waals surface area (Å²) < 4.78 is 0. The lowest BCUT2D eigenvalue weighted by atomic mass is 10.1. The van der Waals surface area contributed by atoms with Crippen LogP contribution >= 0.6 is 11.6 Å². The number of carbonyl (C=O) groups excluding carboxylic acids is 1. The standard InChI is InChI=1S/C16H24ClN3O/c1-3-8-18-11-12-13(17)6-5-7-15(12)20-10-9-19-16(21)14(20)4-2/h5-7,14,18H,3-4,8-11H2,1-2H3,(H,19,21). The molecule has 1 aromatic carbocycles. The molecule has 1 aliphatic rings. The van der Waals surface area contributed by atoms with Crippen molar-refractivity contribution in [2.45, 2.75) is 39.3 Å². The van der Waals surface area contributed by atoms with Crippen LogP contribution < -0.4 is 15.5 Å². The molecule has 1 aliphatic heterocycles. The highest BCUT2D eigenvalue weighted by atomic mass is 35.5. The molecule has 0 spiro atoms. The highest BCUT2D eigenvalue weighted by molar-refractivity contribution is 6.31. The fourth-order valence-electron chi connectivity index (χ4n) is 2.79. The third-order valence-electron chi connectivity index (χ3n) is 3.85. The zero-order valence-corrected chi connectivity index (χ0v) is 13.5. The predicted molar refractivity (Wildman–Crippen MR) is 87.9 cm³/mol. The van der Waals surface area contributed by atoms with E-state index in [1.165, 1.54) is 0 Å². The highest BCUT2D eigenvalue weighted by Crippen LogP contribution is 2.30. The van der Waals surface area contributed by atoms with E-state index in [1.807, 2.05) is 19.1 Å². The van der Waals surface area contributed by atoms with E-state index in [0.717, 1.165) is 48.7 Å². The molecule has 4 nitrogen and oxygen atoms in total. The van der Waals surface area contributed by atoms with Crippen LogP contribution in [0, 0.1) is 0 Å². The van der Waals surface area contributed by atoms with E-state index in [1.54, 1.807) is 0 Å². The smallest absolute Gasteiger partial charge is 0.242 e. The third kappa shape index (κ3) is 3.69. The van der Waals surface area contributed by atoms with Gasteiger partial charge in [-0.25, -0.2) is 0 Å². The molecule has 5 heteroatoms. The number of benzene rings is 1. The Bertz CT molecular complexity index is 492. The molecule has 0 aromatic heterocycles. The third-order valence-corrected chi connectivity index (χ3v) is 4.20. The minimum Gasteiger partial charge on any atom is -0.357 e. The van der Waals surface area contributed by atoms with Crippen LogP contribution in [0.1, 0.15) is 32.3 Å². The molecule has 1 saturated heterocycles. The molecular weight excluding hydrogens is 286 g/mol. The van der Waals surface area contributed by atoms with Gasteiger partial charge in [0.1, 0.15) is 6.04 Å². The molecule has 0 aliphatic carbocycles. The van der Waals surface area contributed by atoms with Crippen LogP contribution in [0.5, 0.6) is 0 Å². The lowest BCUT2D eigenvalue weighted by molar-refractivity contribution is -0.123. The van der Waals surface area contributed by atoms with Crippen LogP contribution in [0.4, 0.5) is 5.69 Å². The first-order valence-electron chi connectivity index (χ1n) is 7.71. The van der Waals surface area contributed by atoms with Crippen molar-refractivity contribution < 1.29 is 4.79 Å². The molecule has 0 saturated carbocycles. The topological polar surface area (TPSA) is 44.4 Å². The number of carbonyl (C=O) groups is 1. The van der Waals surface area contributed by atoms with Crippen molar-refractivity contribution in [2.24, 2.45) is 0 Å². The Balaban J connectivity index is 2.28. The summed E-state index contributed by atoms with van der Waals surface area (Å²) >= 11 is 6.39. The molecule has 0 bridgehead atoms. The van der Waals surface area contributed by atoms with Gasteiger partial charge in [0, 0.05) is 35.9 Å². The molecule has 1 unspecified atom stereocenters. The Hall–Kier alpha value is -1.26. The molecular formula is C16H24ClN3O. The quantitative estimate of drug-likeness (QED) is 0.794. The van der Waals surface area contributed by atoms with Gasteiger partial charge in [0.05, 0.1) is 0 Å².